The number of likely N-dealkylation sites (tertiary alicyclic amines) is 1. The SMILES string of the molecule is Cn1ncc2c1-c1ccccc1OC21CCN(C(=O)c2ccc(OC(C)(C)C)cc2)CC1. The van der Waals surface area contributed by atoms with Crippen molar-refractivity contribution in [2.24, 2.45) is 7.05 Å². The average Bonchev–Trinajstić information content (AvgIpc) is 3.16. The van der Waals surface area contributed by atoms with Crippen molar-refractivity contribution in [1.82, 2.24) is 14.7 Å². The fraction of sp³-hybridized carbons (Fsp3) is 0.385. The minimum atomic E-state index is -0.445. The van der Waals surface area contributed by atoms with E-state index >= 15 is 0 Å². The van der Waals surface area contributed by atoms with Gasteiger partial charge in [0, 0.05) is 49.7 Å². The molecule has 2 aliphatic heterocycles. The van der Waals surface area contributed by atoms with Gasteiger partial charge < -0.3 is 14.4 Å². The number of ether oxygens (including phenoxy) is 2. The molecule has 1 saturated heterocycles. The number of rotatable bonds is 2. The van der Waals surface area contributed by atoms with E-state index in [4.69, 9.17) is 9.47 Å². The standard InChI is InChI=1S/C26H29N3O3/c1-25(2,3)31-19-11-9-18(10-12-19)24(30)29-15-13-26(14-16-29)21-17-27-28(4)23(21)20-7-5-6-8-22(20)32-26/h5-12,17H,13-16H2,1-4H3. The van der Waals surface area contributed by atoms with Gasteiger partial charge in [0.25, 0.3) is 5.91 Å². The maximum Gasteiger partial charge on any atom is 0.253 e. The summed E-state index contributed by atoms with van der Waals surface area (Å²) in [4.78, 5) is 15.1. The van der Waals surface area contributed by atoms with Gasteiger partial charge in [0.1, 0.15) is 22.7 Å². The zero-order chi connectivity index (χ0) is 22.5. The number of fused-ring (bicyclic) bond motifs is 4. The number of amides is 1. The molecule has 2 aromatic carbocycles. The van der Waals surface area contributed by atoms with Crippen molar-refractivity contribution in [2.75, 3.05) is 13.1 Å². The molecule has 1 fully saturated rings. The highest BCUT2D eigenvalue weighted by molar-refractivity contribution is 5.94. The van der Waals surface area contributed by atoms with Crippen molar-refractivity contribution in [3.05, 3.63) is 65.9 Å². The Hall–Kier alpha value is -3.28. The summed E-state index contributed by atoms with van der Waals surface area (Å²) in [5.41, 5.74) is 3.27. The van der Waals surface area contributed by atoms with E-state index < -0.39 is 5.60 Å². The fourth-order valence-corrected chi connectivity index (χ4v) is 4.75. The van der Waals surface area contributed by atoms with Crippen LogP contribution in [-0.4, -0.2) is 39.3 Å². The zero-order valence-corrected chi connectivity index (χ0v) is 19.1. The number of aromatic nitrogens is 2. The van der Waals surface area contributed by atoms with Gasteiger partial charge in [0.2, 0.25) is 0 Å². The highest BCUT2D eigenvalue weighted by Crippen LogP contribution is 2.49. The summed E-state index contributed by atoms with van der Waals surface area (Å²) in [6, 6.07) is 15.6. The van der Waals surface area contributed by atoms with Crippen LogP contribution in [0, 0.1) is 0 Å². The maximum atomic E-state index is 13.1. The highest BCUT2D eigenvalue weighted by Gasteiger charge is 2.45. The summed E-state index contributed by atoms with van der Waals surface area (Å²) >= 11 is 0. The van der Waals surface area contributed by atoms with E-state index in [9.17, 15) is 4.79 Å². The number of benzene rings is 2. The van der Waals surface area contributed by atoms with Gasteiger partial charge in [0.05, 0.1) is 11.9 Å². The molecule has 6 nitrogen and oxygen atoms in total. The topological polar surface area (TPSA) is 56.6 Å². The Morgan fingerprint density at radius 2 is 1.75 bits per heavy atom. The maximum absolute atomic E-state index is 13.1. The first-order valence-electron chi connectivity index (χ1n) is 11.2. The number of para-hydroxylation sites is 1. The van der Waals surface area contributed by atoms with E-state index in [0.29, 0.717) is 18.7 Å². The Kier molecular flexibility index (Phi) is 4.77. The summed E-state index contributed by atoms with van der Waals surface area (Å²) < 4.78 is 14.4. The van der Waals surface area contributed by atoms with Crippen molar-refractivity contribution in [2.45, 2.75) is 44.8 Å². The van der Waals surface area contributed by atoms with Crippen LogP contribution >= 0.6 is 0 Å². The van der Waals surface area contributed by atoms with Gasteiger partial charge in [-0.2, -0.15) is 5.10 Å². The van der Waals surface area contributed by atoms with E-state index in [-0.39, 0.29) is 11.5 Å². The molecule has 0 radical (unpaired) electrons. The van der Waals surface area contributed by atoms with Crippen molar-refractivity contribution in [3.63, 3.8) is 0 Å². The van der Waals surface area contributed by atoms with Gasteiger partial charge in [-0.05, 0) is 57.2 Å². The largest absolute Gasteiger partial charge is 0.488 e. The van der Waals surface area contributed by atoms with Crippen LogP contribution in [0.1, 0.15) is 49.5 Å². The van der Waals surface area contributed by atoms with Crippen LogP contribution in [0.3, 0.4) is 0 Å². The third-order valence-corrected chi connectivity index (χ3v) is 6.26. The van der Waals surface area contributed by atoms with Crippen LogP contribution in [0.4, 0.5) is 0 Å². The minimum Gasteiger partial charge on any atom is -0.488 e. The van der Waals surface area contributed by atoms with Crippen LogP contribution in [0.2, 0.25) is 0 Å². The van der Waals surface area contributed by atoms with Crippen LogP contribution in [-0.2, 0) is 12.6 Å². The van der Waals surface area contributed by atoms with Crippen molar-refractivity contribution in [3.8, 4) is 22.8 Å². The van der Waals surface area contributed by atoms with E-state index in [1.165, 1.54) is 0 Å². The van der Waals surface area contributed by atoms with Gasteiger partial charge >= 0.3 is 0 Å². The van der Waals surface area contributed by atoms with Crippen LogP contribution < -0.4 is 9.47 Å². The van der Waals surface area contributed by atoms with Gasteiger partial charge in [-0.1, -0.05) is 12.1 Å². The Labute approximate surface area is 188 Å². The smallest absolute Gasteiger partial charge is 0.253 e. The number of hydrogen-bond acceptors (Lipinski definition) is 4. The lowest BCUT2D eigenvalue weighted by molar-refractivity contribution is -0.00172. The quantitative estimate of drug-likeness (QED) is 0.586. The summed E-state index contributed by atoms with van der Waals surface area (Å²) in [5, 5.41) is 4.53. The summed E-state index contributed by atoms with van der Waals surface area (Å²) in [7, 11) is 1.97. The van der Waals surface area contributed by atoms with Gasteiger partial charge in [0.15, 0.2) is 0 Å². The molecule has 1 aromatic heterocycles. The minimum absolute atomic E-state index is 0.0461. The second-order valence-electron chi connectivity index (χ2n) is 9.65. The number of aryl methyl sites for hydroxylation is 1. The number of hydrogen-bond donors (Lipinski definition) is 0. The zero-order valence-electron chi connectivity index (χ0n) is 19.1. The third-order valence-electron chi connectivity index (χ3n) is 6.26. The van der Waals surface area contributed by atoms with Crippen LogP contribution in [0.5, 0.6) is 11.5 Å². The molecule has 0 saturated carbocycles. The molecule has 0 bridgehead atoms. The number of carbonyl (C=O) groups is 1. The van der Waals surface area contributed by atoms with E-state index in [0.717, 1.165) is 41.2 Å². The lowest BCUT2D eigenvalue weighted by Gasteiger charge is -2.44. The molecule has 3 aromatic rings. The molecule has 1 spiro atoms. The molecule has 166 valence electrons. The van der Waals surface area contributed by atoms with Crippen molar-refractivity contribution < 1.29 is 14.3 Å². The third kappa shape index (κ3) is 3.53. The second-order valence-corrected chi connectivity index (χ2v) is 9.65. The number of nitrogens with zero attached hydrogens (tertiary/aromatic N) is 3. The summed E-state index contributed by atoms with van der Waals surface area (Å²) in [6.45, 7) is 7.30. The molecule has 6 heteroatoms. The Morgan fingerprint density at radius 1 is 1.06 bits per heavy atom. The fourth-order valence-electron chi connectivity index (χ4n) is 4.75. The molecular weight excluding hydrogens is 402 g/mol. The Bertz CT molecular complexity index is 1150. The average molecular weight is 432 g/mol. The van der Waals surface area contributed by atoms with Crippen LogP contribution in [0.15, 0.2) is 54.7 Å². The predicted molar refractivity (Wildman–Crippen MR) is 123 cm³/mol. The first kappa shape index (κ1) is 20.6. The number of carbonyl (C=O) groups excluding carboxylic acids is 1. The van der Waals surface area contributed by atoms with Crippen molar-refractivity contribution >= 4 is 5.91 Å². The lowest BCUT2D eigenvalue weighted by atomic mass is 9.81. The Balaban J connectivity index is 1.34. The van der Waals surface area contributed by atoms with Gasteiger partial charge in [-0.3, -0.25) is 9.48 Å². The molecule has 3 heterocycles. The van der Waals surface area contributed by atoms with Crippen LogP contribution in [0.25, 0.3) is 11.3 Å². The summed E-state index contributed by atoms with van der Waals surface area (Å²) in [5.74, 6) is 1.70. The molecule has 32 heavy (non-hydrogen) atoms. The van der Waals surface area contributed by atoms with E-state index in [2.05, 4.69) is 11.2 Å². The Morgan fingerprint density at radius 3 is 2.44 bits per heavy atom. The molecule has 0 unspecified atom stereocenters. The molecule has 2 aliphatic rings. The normalized spacial score (nSPS) is 16.8. The van der Waals surface area contributed by atoms with E-state index in [1.54, 1.807) is 0 Å². The summed E-state index contributed by atoms with van der Waals surface area (Å²) in [6.07, 6.45) is 3.39. The lowest BCUT2D eigenvalue weighted by Crippen LogP contribution is -2.49. The number of piperidine rings is 1. The monoisotopic (exact) mass is 431 g/mol. The molecule has 5 rings (SSSR count). The van der Waals surface area contributed by atoms with E-state index in [1.807, 2.05) is 86.1 Å². The first-order chi connectivity index (χ1) is 15.3. The molecule has 0 atom stereocenters. The highest BCUT2D eigenvalue weighted by atomic mass is 16.5. The molecule has 0 N–H and O–H groups in total. The molecular formula is C26H29N3O3. The molecule has 0 aliphatic carbocycles. The van der Waals surface area contributed by atoms with Gasteiger partial charge in [-0.15, -0.1) is 0 Å². The van der Waals surface area contributed by atoms with Gasteiger partial charge in [-0.25, -0.2) is 0 Å². The second kappa shape index (κ2) is 7.40. The first-order valence-corrected chi connectivity index (χ1v) is 11.2. The predicted octanol–water partition coefficient (Wildman–Crippen LogP) is 4.79. The van der Waals surface area contributed by atoms with Crippen molar-refractivity contribution in [1.29, 1.82) is 0 Å². The molecule has 1 amide bonds.